The Balaban J connectivity index is 0.000000561. The number of alkyl halides is 1. The standard InChI is InChI=1S/C7H14FNO.C2H6/c1-5(10)7-6(8)3-4-9(7)2;1-2/h5-7,10H,3-4H2,1-2H3;1-2H3/t5-,6+,7+;/m0./s1. The van der Waals surface area contributed by atoms with Gasteiger partial charge in [-0.25, -0.2) is 4.39 Å². The van der Waals surface area contributed by atoms with Gasteiger partial charge in [0.25, 0.3) is 0 Å². The third-order valence-corrected chi connectivity index (χ3v) is 2.13. The maximum Gasteiger partial charge on any atom is 0.119 e. The zero-order valence-corrected chi connectivity index (χ0v) is 8.42. The first-order valence-electron chi connectivity index (χ1n) is 4.65. The van der Waals surface area contributed by atoms with Gasteiger partial charge in [-0.1, -0.05) is 13.8 Å². The summed E-state index contributed by atoms with van der Waals surface area (Å²) in [6, 6.07) is -0.278. The molecule has 1 fully saturated rings. The Hall–Kier alpha value is -0.150. The summed E-state index contributed by atoms with van der Waals surface area (Å²) in [5.41, 5.74) is 0. The Kier molecular flexibility index (Phi) is 5.42. The van der Waals surface area contributed by atoms with Crippen molar-refractivity contribution >= 4 is 0 Å². The average Bonchev–Trinajstić information content (AvgIpc) is 2.35. The highest BCUT2D eigenvalue weighted by molar-refractivity contribution is 4.88. The lowest BCUT2D eigenvalue weighted by molar-refractivity contribution is 0.0672. The highest BCUT2D eigenvalue weighted by Gasteiger charge is 2.34. The smallest absolute Gasteiger partial charge is 0.119 e. The van der Waals surface area contributed by atoms with Crippen molar-refractivity contribution in [3.63, 3.8) is 0 Å². The molecule has 3 heteroatoms. The van der Waals surface area contributed by atoms with Crippen LogP contribution in [0, 0.1) is 0 Å². The predicted molar refractivity (Wildman–Crippen MR) is 49.0 cm³/mol. The van der Waals surface area contributed by atoms with E-state index in [1.54, 1.807) is 6.92 Å². The van der Waals surface area contributed by atoms with Crippen LogP contribution in [0.2, 0.25) is 0 Å². The van der Waals surface area contributed by atoms with Gasteiger partial charge in [0, 0.05) is 6.54 Å². The molecular weight excluding hydrogens is 157 g/mol. The third kappa shape index (κ3) is 2.72. The van der Waals surface area contributed by atoms with Crippen molar-refractivity contribution in [1.82, 2.24) is 4.90 Å². The maximum absolute atomic E-state index is 12.9. The second-order valence-electron chi connectivity index (χ2n) is 3.02. The largest absolute Gasteiger partial charge is 0.392 e. The van der Waals surface area contributed by atoms with Crippen molar-refractivity contribution in [1.29, 1.82) is 0 Å². The predicted octanol–water partition coefficient (Wildman–Crippen LogP) is 1.44. The molecule has 2 nitrogen and oxygen atoms in total. The molecule has 12 heavy (non-hydrogen) atoms. The van der Waals surface area contributed by atoms with Crippen molar-refractivity contribution in [3.05, 3.63) is 0 Å². The van der Waals surface area contributed by atoms with Crippen LogP contribution in [-0.2, 0) is 0 Å². The molecule has 0 aliphatic carbocycles. The van der Waals surface area contributed by atoms with Crippen LogP contribution in [0.5, 0.6) is 0 Å². The Morgan fingerprint density at radius 1 is 1.50 bits per heavy atom. The molecule has 3 atom stereocenters. The van der Waals surface area contributed by atoms with Crippen LogP contribution >= 0.6 is 0 Å². The summed E-state index contributed by atoms with van der Waals surface area (Å²) in [6.45, 7) is 6.40. The molecule has 74 valence electrons. The number of aliphatic hydroxyl groups is 1. The summed E-state index contributed by atoms with van der Waals surface area (Å²) in [5, 5.41) is 9.11. The minimum absolute atomic E-state index is 0.278. The molecule has 1 heterocycles. The molecule has 0 saturated carbocycles. The van der Waals surface area contributed by atoms with Gasteiger partial charge in [0.15, 0.2) is 0 Å². The van der Waals surface area contributed by atoms with E-state index in [0.717, 1.165) is 6.54 Å². The molecule has 0 radical (unpaired) electrons. The van der Waals surface area contributed by atoms with E-state index in [1.165, 1.54) is 0 Å². The molecular formula is C9H20FNO. The molecule has 0 bridgehead atoms. The summed E-state index contributed by atoms with van der Waals surface area (Å²) < 4.78 is 12.9. The van der Waals surface area contributed by atoms with Crippen molar-refractivity contribution in [2.75, 3.05) is 13.6 Å². The van der Waals surface area contributed by atoms with E-state index >= 15 is 0 Å². The van der Waals surface area contributed by atoms with Gasteiger partial charge in [0.2, 0.25) is 0 Å². The molecule has 0 aromatic carbocycles. The highest BCUT2D eigenvalue weighted by Crippen LogP contribution is 2.21. The summed E-state index contributed by atoms with van der Waals surface area (Å²) in [4.78, 5) is 1.87. The Morgan fingerprint density at radius 3 is 2.17 bits per heavy atom. The summed E-state index contributed by atoms with van der Waals surface area (Å²) in [6.07, 6.45) is -0.834. The van der Waals surface area contributed by atoms with Crippen LogP contribution in [0.1, 0.15) is 27.2 Å². The van der Waals surface area contributed by atoms with E-state index in [9.17, 15) is 4.39 Å². The molecule has 0 aromatic heterocycles. The number of likely N-dealkylation sites (N-methyl/N-ethyl adjacent to an activating group) is 1. The second-order valence-corrected chi connectivity index (χ2v) is 3.02. The molecule has 1 aliphatic heterocycles. The number of halogens is 1. The Labute approximate surface area is 74.4 Å². The molecule has 1 rings (SSSR count). The summed E-state index contributed by atoms with van der Waals surface area (Å²) in [7, 11) is 1.84. The van der Waals surface area contributed by atoms with Gasteiger partial charge in [-0.2, -0.15) is 0 Å². The lowest BCUT2D eigenvalue weighted by atomic mass is 10.1. The van der Waals surface area contributed by atoms with E-state index in [0.29, 0.717) is 6.42 Å². The first-order valence-corrected chi connectivity index (χ1v) is 4.65. The Bertz CT molecular complexity index is 109. The van der Waals surface area contributed by atoms with E-state index in [4.69, 9.17) is 5.11 Å². The fourth-order valence-electron chi connectivity index (χ4n) is 1.59. The van der Waals surface area contributed by atoms with Crippen LogP contribution in [0.15, 0.2) is 0 Å². The minimum atomic E-state index is -0.843. The third-order valence-electron chi connectivity index (χ3n) is 2.13. The summed E-state index contributed by atoms with van der Waals surface area (Å²) in [5.74, 6) is 0. The van der Waals surface area contributed by atoms with Gasteiger partial charge >= 0.3 is 0 Å². The molecule has 0 unspecified atom stereocenters. The number of likely N-dealkylation sites (tertiary alicyclic amines) is 1. The van der Waals surface area contributed by atoms with E-state index in [2.05, 4.69) is 0 Å². The van der Waals surface area contributed by atoms with E-state index in [-0.39, 0.29) is 6.04 Å². The van der Waals surface area contributed by atoms with Gasteiger partial charge in [0.1, 0.15) is 6.17 Å². The normalized spacial score (nSPS) is 32.5. The zero-order chi connectivity index (χ0) is 9.72. The van der Waals surface area contributed by atoms with Crippen molar-refractivity contribution < 1.29 is 9.50 Å². The number of hydrogen-bond donors (Lipinski definition) is 1. The van der Waals surface area contributed by atoms with Gasteiger partial charge in [-0.3, -0.25) is 4.90 Å². The topological polar surface area (TPSA) is 23.5 Å². The Morgan fingerprint density at radius 2 is 2.00 bits per heavy atom. The number of hydrogen-bond acceptors (Lipinski definition) is 2. The summed E-state index contributed by atoms with van der Waals surface area (Å²) >= 11 is 0. The second kappa shape index (κ2) is 5.49. The van der Waals surface area contributed by atoms with E-state index < -0.39 is 12.3 Å². The molecule has 1 N–H and O–H groups in total. The average molecular weight is 177 g/mol. The molecule has 0 spiro atoms. The fourth-order valence-corrected chi connectivity index (χ4v) is 1.59. The maximum atomic E-state index is 12.9. The van der Waals surface area contributed by atoms with Crippen LogP contribution in [-0.4, -0.2) is 41.9 Å². The van der Waals surface area contributed by atoms with Crippen LogP contribution < -0.4 is 0 Å². The number of nitrogens with zero attached hydrogens (tertiary/aromatic N) is 1. The van der Waals surface area contributed by atoms with Crippen LogP contribution in [0.25, 0.3) is 0 Å². The first kappa shape index (κ1) is 11.8. The minimum Gasteiger partial charge on any atom is -0.392 e. The van der Waals surface area contributed by atoms with Gasteiger partial charge in [0.05, 0.1) is 12.1 Å². The van der Waals surface area contributed by atoms with Crippen LogP contribution in [0.3, 0.4) is 0 Å². The van der Waals surface area contributed by atoms with Gasteiger partial charge in [-0.05, 0) is 20.4 Å². The quantitative estimate of drug-likeness (QED) is 0.655. The molecule has 1 saturated heterocycles. The molecule has 0 aromatic rings. The van der Waals surface area contributed by atoms with Crippen molar-refractivity contribution in [3.8, 4) is 0 Å². The zero-order valence-electron chi connectivity index (χ0n) is 8.42. The lowest BCUT2D eigenvalue weighted by Crippen LogP contribution is -2.39. The SMILES string of the molecule is CC.C[C@H](O)[C@@H]1[C@H](F)CCN1C. The van der Waals surface area contributed by atoms with Gasteiger partial charge < -0.3 is 5.11 Å². The van der Waals surface area contributed by atoms with Crippen LogP contribution in [0.4, 0.5) is 4.39 Å². The fraction of sp³-hybridized carbons (Fsp3) is 1.00. The molecule has 1 aliphatic rings. The van der Waals surface area contributed by atoms with Gasteiger partial charge in [-0.15, -0.1) is 0 Å². The van der Waals surface area contributed by atoms with Crippen molar-refractivity contribution in [2.24, 2.45) is 0 Å². The van der Waals surface area contributed by atoms with E-state index in [1.807, 2.05) is 25.8 Å². The number of aliphatic hydroxyl groups excluding tert-OH is 1. The lowest BCUT2D eigenvalue weighted by Gasteiger charge is -2.23. The molecule has 0 amide bonds. The van der Waals surface area contributed by atoms with Crippen molar-refractivity contribution in [2.45, 2.75) is 45.5 Å². The number of rotatable bonds is 1. The monoisotopic (exact) mass is 177 g/mol. The first-order chi connectivity index (χ1) is 5.63. The highest BCUT2D eigenvalue weighted by atomic mass is 19.1.